The Kier molecular flexibility index (Phi) is 5.95. The van der Waals surface area contributed by atoms with Crippen molar-refractivity contribution >= 4 is 22.9 Å². The van der Waals surface area contributed by atoms with Gasteiger partial charge in [-0.2, -0.15) is 5.26 Å². The Balaban J connectivity index is 1.85. The van der Waals surface area contributed by atoms with Gasteiger partial charge in [0.2, 0.25) is 0 Å². The molecule has 0 bridgehead atoms. The number of thiophene rings is 1. The standard InChI is InChI=1S/C21H24N2O2S/c1-3-25-18-8-6-17(7-9-18)23(12-4-11-22)21(24)20-14-16-13-15(2)5-10-19(16)26-20/h6-9,14-15H,3-5,10,12-13H2,1-2H3. The average Bonchev–Trinajstić information content (AvgIpc) is 3.06. The maximum atomic E-state index is 13.2. The number of amides is 1. The van der Waals surface area contributed by atoms with Gasteiger partial charge in [0.1, 0.15) is 5.75 Å². The molecule has 1 aromatic carbocycles. The summed E-state index contributed by atoms with van der Waals surface area (Å²) in [4.78, 5) is 17.0. The summed E-state index contributed by atoms with van der Waals surface area (Å²) < 4.78 is 5.48. The molecule has 0 N–H and O–H groups in total. The smallest absolute Gasteiger partial charge is 0.268 e. The van der Waals surface area contributed by atoms with Crippen molar-refractivity contribution in [2.24, 2.45) is 5.92 Å². The van der Waals surface area contributed by atoms with Gasteiger partial charge in [0, 0.05) is 17.1 Å². The number of rotatable bonds is 6. The minimum Gasteiger partial charge on any atom is -0.494 e. The Bertz CT molecular complexity index is 804. The summed E-state index contributed by atoms with van der Waals surface area (Å²) in [6.45, 7) is 5.20. The first kappa shape index (κ1) is 18.5. The van der Waals surface area contributed by atoms with Gasteiger partial charge >= 0.3 is 0 Å². The third kappa shape index (κ3) is 4.08. The number of hydrogen-bond donors (Lipinski definition) is 0. The molecule has 1 aliphatic rings. The summed E-state index contributed by atoms with van der Waals surface area (Å²) in [5, 5.41) is 8.98. The van der Waals surface area contributed by atoms with Crippen LogP contribution in [0.1, 0.15) is 46.8 Å². The second kappa shape index (κ2) is 8.37. The Hall–Kier alpha value is -2.32. The molecule has 4 nitrogen and oxygen atoms in total. The van der Waals surface area contributed by atoms with Gasteiger partial charge in [-0.15, -0.1) is 11.3 Å². The lowest BCUT2D eigenvalue weighted by Gasteiger charge is -2.21. The molecule has 1 unspecified atom stereocenters. The van der Waals surface area contributed by atoms with Gasteiger partial charge in [-0.3, -0.25) is 4.79 Å². The molecule has 0 radical (unpaired) electrons. The number of hydrogen-bond acceptors (Lipinski definition) is 4. The van der Waals surface area contributed by atoms with Crippen LogP contribution in [0.3, 0.4) is 0 Å². The van der Waals surface area contributed by atoms with Gasteiger partial charge in [-0.25, -0.2) is 0 Å². The highest BCUT2D eigenvalue weighted by molar-refractivity contribution is 7.14. The number of aryl methyl sites for hydroxylation is 1. The Morgan fingerprint density at radius 1 is 1.38 bits per heavy atom. The highest BCUT2D eigenvalue weighted by atomic mass is 32.1. The maximum absolute atomic E-state index is 13.2. The zero-order chi connectivity index (χ0) is 18.5. The van der Waals surface area contributed by atoms with Crippen LogP contribution in [0.2, 0.25) is 0 Å². The van der Waals surface area contributed by atoms with Crippen LogP contribution in [0.5, 0.6) is 5.75 Å². The number of carbonyl (C=O) groups excluding carboxylic acids is 1. The summed E-state index contributed by atoms with van der Waals surface area (Å²) in [5.41, 5.74) is 2.12. The van der Waals surface area contributed by atoms with Gasteiger partial charge in [0.25, 0.3) is 5.91 Å². The quantitative estimate of drug-likeness (QED) is 0.734. The van der Waals surface area contributed by atoms with Crippen LogP contribution in [0, 0.1) is 17.2 Å². The Labute approximate surface area is 159 Å². The van der Waals surface area contributed by atoms with Crippen molar-refractivity contribution in [3.8, 4) is 11.8 Å². The molecule has 0 saturated carbocycles. The highest BCUT2D eigenvalue weighted by Gasteiger charge is 2.24. The van der Waals surface area contributed by atoms with Crippen molar-refractivity contribution in [2.75, 3.05) is 18.1 Å². The van der Waals surface area contributed by atoms with E-state index in [1.54, 1.807) is 16.2 Å². The normalized spacial score (nSPS) is 15.8. The van der Waals surface area contributed by atoms with Crippen LogP contribution in [0.25, 0.3) is 0 Å². The van der Waals surface area contributed by atoms with E-state index in [0.717, 1.165) is 29.2 Å². The van der Waals surface area contributed by atoms with Crippen LogP contribution in [-0.4, -0.2) is 19.1 Å². The molecule has 1 heterocycles. The molecule has 5 heteroatoms. The first-order chi connectivity index (χ1) is 12.6. The minimum absolute atomic E-state index is 0.0172. The fourth-order valence-electron chi connectivity index (χ4n) is 3.34. The molecule has 0 aliphatic heterocycles. The number of anilines is 1. The zero-order valence-electron chi connectivity index (χ0n) is 15.3. The number of fused-ring (bicyclic) bond motifs is 1. The molecule has 1 aliphatic carbocycles. The SMILES string of the molecule is CCOc1ccc(N(CCC#N)C(=O)c2cc3c(s2)CCC(C)C3)cc1. The highest BCUT2D eigenvalue weighted by Crippen LogP contribution is 2.33. The number of nitrogens with zero attached hydrogens (tertiary/aromatic N) is 2. The predicted octanol–water partition coefficient (Wildman–Crippen LogP) is 4.83. The molecule has 136 valence electrons. The van der Waals surface area contributed by atoms with Crippen LogP contribution in [0.15, 0.2) is 30.3 Å². The third-order valence-electron chi connectivity index (χ3n) is 4.69. The van der Waals surface area contributed by atoms with E-state index in [1.807, 2.05) is 31.2 Å². The molecule has 0 fully saturated rings. The largest absolute Gasteiger partial charge is 0.494 e. The van der Waals surface area contributed by atoms with E-state index >= 15 is 0 Å². The second-order valence-corrected chi connectivity index (χ2v) is 7.84. The lowest BCUT2D eigenvalue weighted by molar-refractivity contribution is 0.0991. The molecular weight excluding hydrogens is 344 g/mol. The van der Waals surface area contributed by atoms with Crippen molar-refractivity contribution in [3.05, 3.63) is 45.6 Å². The first-order valence-electron chi connectivity index (χ1n) is 9.15. The Morgan fingerprint density at radius 2 is 2.15 bits per heavy atom. The summed E-state index contributed by atoms with van der Waals surface area (Å²) >= 11 is 1.61. The molecule has 0 spiro atoms. The third-order valence-corrected chi connectivity index (χ3v) is 5.92. The molecule has 1 aromatic heterocycles. The van der Waals surface area contributed by atoms with Crippen molar-refractivity contribution in [1.29, 1.82) is 5.26 Å². The molecule has 26 heavy (non-hydrogen) atoms. The molecule has 3 rings (SSSR count). The van der Waals surface area contributed by atoms with E-state index in [1.165, 1.54) is 16.9 Å². The van der Waals surface area contributed by atoms with Crippen molar-refractivity contribution in [1.82, 2.24) is 0 Å². The number of benzene rings is 1. The van der Waals surface area contributed by atoms with Gasteiger partial charge in [0.05, 0.1) is 24.0 Å². The number of nitriles is 1. The Morgan fingerprint density at radius 3 is 2.85 bits per heavy atom. The second-order valence-electron chi connectivity index (χ2n) is 6.70. The topological polar surface area (TPSA) is 53.3 Å². The first-order valence-corrected chi connectivity index (χ1v) is 9.97. The molecule has 2 aromatic rings. The van der Waals surface area contributed by atoms with E-state index in [0.29, 0.717) is 25.5 Å². The van der Waals surface area contributed by atoms with Crippen molar-refractivity contribution < 1.29 is 9.53 Å². The van der Waals surface area contributed by atoms with E-state index in [4.69, 9.17) is 10.00 Å². The maximum Gasteiger partial charge on any atom is 0.268 e. The molecule has 0 saturated heterocycles. The fourth-order valence-corrected chi connectivity index (χ4v) is 4.50. The van der Waals surface area contributed by atoms with Gasteiger partial charge < -0.3 is 9.64 Å². The van der Waals surface area contributed by atoms with Gasteiger partial charge in [0.15, 0.2) is 0 Å². The van der Waals surface area contributed by atoms with Crippen molar-refractivity contribution in [3.63, 3.8) is 0 Å². The lowest BCUT2D eigenvalue weighted by Crippen LogP contribution is -2.31. The number of ether oxygens (including phenoxy) is 1. The van der Waals surface area contributed by atoms with Crippen LogP contribution < -0.4 is 9.64 Å². The van der Waals surface area contributed by atoms with Crippen LogP contribution in [-0.2, 0) is 12.8 Å². The van der Waals surface area contributed by atoms with E-state index < -0.39 is 0 Å². The zero-order valence-corrected chi connectivity index (χ0v) is 16.1. The molecule has 1 atom stereocenters. The summed E-state index contributed by atoms with van der Waals surface area (Å²) in [7, 11) is 0. The molecular formula is C21H24N2O2S. The van der Waals surface area contributed by atoms with E-state index in [9.17, 15) is 4.79 Å². The lowest BCUT2D eigenvalue weighted by atomic mass is 9.90. The minimum atomic E-state index is -0.0172. The van der Waals surface area contributed by atoms with Crippen molar-refractivity contribution in [2.45, 2.75) is 39.5 Å². The van der Waals surface area contributed by atoms with Crippen LogP contribution >= 0.6 is 11.3 Å². The summed E-state index contributed by atoms with van der Waals surface area (Å²) in [6.07, 6.45) is 3.62. The molecule has 1 amide bonds. The summed E-state index contributed by atoms with van der Waals surface area (Å²) in [5.74, 6) is 1.45. The summed E-state index contributed by atoms with van der Waals surface area (Å²) in [6, 6.07) is 11.7. The predicted molar refractivity (Wildman–Crippen MR) is 105 cm³/mol. The van der Waals surface area contributed by atoms with E-state index in [2.05, 4.69) is 19.1 Å². The van der Waals surface area contributed by atoms with Gasteiger partial charge in [-0.1, -0.05) is 6.92 Å². The van der Waals surface area contributed by atoms with E-state index in [-0.39, 0.29) is 5.91 Å². The monoisotopic (exact) mass is 368 g/mol. The fraction of sp³-hybridized carbons (Fsp3) is 0.429. The van der Waals surface area contributed by atoms with Gasteiger partial charge in [-0.05, 0) is 68.0 Å². The average molecular weight is 369 g/mol. The number of carbonyl (C=O) groups is 1. The van der Waals surface area contributed by atoms with Crippen LogP contribution in [0.4, 0.5) is 5.69 Å².